The molecule has 0 aromatic carbocycles. The molecule has 2 rings (SSSR count). The molecule has 21 heavy (non-hydrogen) atoms. The molecule has 0 spiro atoms. The second-order valence-electron chi connectivity index (χ2n) is 7.74. The molecule has 0 amide bonds. The molecular formula is C18H35NO2. The molecule has 0 radical (unpaired) electrons. The number of ether oxygens (including phenoxy) is 1. The van der Waals surface area contributed by atoms with Gasteiger partial charge in [0.2, 0.25) is 0 Å². The standard InChI is InChI=1S/C18H35NO2/c1-13(2)17-9-8-14(3)10-18(17)21-12-16(20)11-19-15-6-4-5-7-15/h13-20H,4-12H2,1-3H3/t14-,16+,17-,18+/m1/s1. The maximum absolute atomic E-state index is 10.1. The van der Waals surface area contributed by atoms with E-state index in [9.17, 15) is 5.11 Å². The van der Waals surface area contributed by atoms with Gasteiger partial charge in [0.1, 0.15) is 0 Å². The summed E-state index contributed by atoms with van der Waals surface area (Å²) in [7, 11) is 0. The van der Waals surface area contributed by atoms with Gasteiger partial charge >= 0.3 is 0 Å². The Morgan fingerprint density at radius 3 is 2.52 bits per heavy atom. The smallest absolute Gasteiger partial charge is 0.0897 e. The quantitative estimate of drug-likeness (QED) is 0.757. The Labute approximate surface area is 130 Å². The first-order valence-electron chi connectivity index (χ1n) is 9.09. The fourth-order valence-corrected chi connectivity index (χ4v) is 4.03. The summed E-state index contributed by atoms with van der Waals surface area (Å²) >= 11 is 0. The first-order valence-corrected chi connectivity index (χ1v) is 9.09. The molecule has 2 fully saturated rings. The molecule has 2 aliphatic carbocycles. The predicted molar refractivity (Wildman–Crippen MR) is 87.3 cm³/mol. The largest absolute Gasteiger partial charge is 0.389 e. The van der Waals surface area contributed by atoms with Gasteiger partial charge in [-0.15, -0.1) is 0 Å². The summed E-state index contributed by atoms with van der Waals surface area (Å²) in [5, 5.41) is 13.6. The molecule has 3 heteroatoms. The van der Waals surface area contributed by atoms with Gasteiger partial charge in [0.15, 0.2) is 0 Å². The Morgan fingerprint density at radius 1 is 1.14 bits per heavy atom. The third kappa shape index (κ3) is 5.54. The van der Waals surface area contributed by atoms with Crippen LogP contribution < -0.4 is 5.32 Å². The van der Waals surface area contributed by atoms with Gasteiger partial charge in [0.05, 0.1) is 18.8 Å². The van der Waals surface area contributed by atoms with Crippen molar-refractivity contribution in [1.82, 2.24) is 5.32 Å². The van der Waals surface area contributed by atoms with E-state index in [1.54, 1.807) is 0 Å². The summed E-state index contributed by atoms with van der Waals surface area (Å²) in [5.74, 6) is 2.10. The summed E-state index contributed by atoms with van der Waals surface area (Å²) < 4.78 is 6.11. The lowest BCUT2D eigenvalue weighted by atomic mass is 9.75. The SMILES string of the molecule is CC(C)[C@H]1CC[C@@H](C)C[C@@H]1OC[C@@H](O)CNC1CCCC1. The van der Waals surface area contributed by atoms with Crippen molar-refractivity contribution in [2.45, 2.75) is 84.0 Å². The molecule has 4 atom stereocenters. The molecule has 0 heterocycles. The maximum Gasteiger partial charge on any atom is 0.0897 e. The predicted octanol–water partition coefficient (Wildman–Crippen LogP) is 3.36. The molecule has 0 aromatic heterocycles. The Hall–Kier alpha value is -0.120. The molecule has 3 nitrogen and oxygen atoms in total. The van der Waals surface area contributed by atoms with E-state index < -0.39 is 0 Å². The minimum atomic E-state index is -0.365. The summed E-state index contributed by atoms with van der Waals surface area (Å²) in [4.78, 5) is 0. The van der Waals surface area contributed by atoms with Gasteiger partial charge in [-0.05, 0) is 43.4 Å². The highest BCUT2D eigenvalue weighted by Gasteiger charge is 2.31. The molecule has 2 saturated carbocycles. The van der Waals surface area contributed by atoms with E-state index in [0.717, 1.165) is 12.3 Å². The fraction of sp³-hybridized carbons (Fsp3) is 1.00. The van der Waals surface area contributed by atoms with E-state index in [0.29, 0.717) is 37.1 Å². The van der Waals surface area contributed by atoms with E-state index in [4.69, 9.17) is 4.74 Å². The van der Waals surface area contributed by atoms with Gasteiger partial charge in [-0.2, -0.15) is 0 Å². The monoisotopic (exact) mass is 297 g/mol. The Kier molecular flexibility index (Phi) is 6.97. The minimum absolute atomic E-state index is 0.342. The number of rotatable bonds is 7. The van der Waals surface area contributed by atoms with Crippen molar-refractivity contribution >= 4 is 0 Å². The van der Waals surface area contributed by atoms with Crippen LogP contribution in [0.5, 0.6) is 0 Å². The van der Waals surface area contributed by atoms with Crippen molar-refractivity contribution in [2.75, 3.05) is 13.2 Å². The first kappa shape index (κ1) is 17.2. The lowest BCUT2D eigenvalue weighted by molar-refractivity contribution is -0.0685. The van der Waals surface area contributed by atoms with Gasteiger partial charge in [0, 0.05) is 12.6 Å². The zero-order valence-corrected chi connectivity index (χ0v) is 14.2. The number of aliphatic hydroxyl groups excluding tert-OH is 1. The fourth-order valence-electron chi connectivity index (χ4n) is 4.03. The zero-order valence-electron chi connectivity index (χ0n) is 14.2. The zero-order chi connectivity index (χ0) is 15.2. The summed E-state index contributed by atoms with van der Waals surface area (Å²) in [6, 6.07) is 0.623. The van der Waals surface area contributed by atoms with Crippen LogP contribution in [0.4, 0.5) is 0 Å². The van der Waals surface area contributed by atoms with Crippen LogP contribution in [0.1, 0.15) is 65.7 Å². The second kappa shape index (κ2) is 8.50. The number of hydrogen-bond donors (Lipinski definition) is 2. The van der Waals surface area contributed by atoms with Crippen LogP contribution in [-0.2, 0) is 4.74 Å². The van der Waals surface area contributed by atoms with Gasteiger partial charge in [-0.1, -0.05) is 40.0 Å². The normalized spacial score (nSPS) is 32.7. The van der Waals surface area contributed by atoms with Gasteiger partial charge < -0.3 is 15.2 Å². The highest BCUT2D eigenvalue weighted by Crippen LogP contribution is 2.35. The molecule has 2 aliphatic rings. The maximum atomic E-state index is 10.1. The van der Waals surface area contributed by atoms with E-state index in [1.165, 1.54) is 38.5 Å². The highest BCUT2D eigenvalue weighted by molar-refractivity contribution is 4.82. The molecule has 0 saturated heterocycles. The van der Waals surface area contributed by atoms with Gasteiger partial charge in [-0.25, -0.2) is 0 Å². The molecule has 0 aliphatic heterocycles. The van der Waals surface area contributed by atoms with Crippen molar-refractivity contribution in [3.05, 3.63) is 0 Å². The van der Waals surface area contributed by atoms with Crippen molar-refractivity contribution < 1.29 is 9.84 Å². The van der Waals surface area contributed by atoms with Crippen LogP contribution >= 0.6 is 0 Å². The van der Waals surface area contributed by atoms with Crippen molar-refractivity contribution in [3.8, 4) is 0 Å². The van der Waals surface area contributed by atoms with Gasteiger partial charge in [-0.3, -0.25) is 0 Å². The minimum Gasteiger partial charge on any atom is -0.389 e. The number of nitrogens with one attached hydrogen (secondary N) is 1. The van der Waals surface area contributed by atoms with Crippen molar-refractivity contribution in [3.63, 3.8) is 0 Å². The Bertz CT molecular complexity index is 289. The molecule has 0 aromatic rings. The highest BCUT2D eigenvalue weighted by atomic mass is 16.5. The third-order valence-corrected chi connectivity index (χ3v) is 5.46. The molecule has 0 bridgehead atoms. The van der Waals surface area contributed by atoms with Crippen molar-refractivity contribution in [1.29, 1.82) is 0 Å². The van der Waals surface area contributed by atoms with Crippen LogP contribution in [0, 0.1) is 17.8 Å². The van der Waals surface area contributed by atoms with Crippen LogP contribution in [0.2, 0.25) is 0 Å². The third-order valence-electron chi connectivity index (χ3n) is 5.46. The Morgan fingerprint density at radius 2 is 1.86 bits per heavy atom. The van der Waals surface area contributed by atoms with Crippen LogP contribution in [-0.4, -0.2) is 36.5 Å². The average Bonchev–Trinajstić information content (AvgIpc) is 2.96. The molecule has 124 valence electrons. The van der Waals surface area contributed by atoms with Crippen LogP contribution in [0.15, 0.2) is 0 Å². The van der Waals surface area contributed by atoms with E-state index in [-0.39, 0.29) is 6.10 Å². The summed E-state index contributed by atoms with van der Waals surface area (Å²) in [5.41, 5.74) is 0. The topological polar surface area (TPSA) is 41.5 Å². The molecular weight excluding hydrogens is 262 g/mol. The first-order chi connectivity index (χ1) is 10.1. The lowest BCUT2D eigenvalue weighted by Gasteiger charge is -2.37. The number of hydrogen-bond acceptors (Lipinski definition) is 3. The van der Waals surface area contributed by atoms with E-state index in [1.807, 2.05) is 0 Å². The van der Waals surface area contributed by atoms with Crippen LogP contribution in [0.25, 0.3) is 0 Å². The summed E-state index contributed by atoms with van der Waals surface area (Å²) in [6.45, 7) is 8.09. The molecule has 0 unspecified atom stereocenters. The van der Waals surface area contributed by atoms with E-state index >= 15 is 0 Å². The number of aliphatic hydroxyl groups is 1. The lowest BCUT2D eigenvalue weighted by Crippen LogP contribution is -2.39. The summed E-state index contributed by atoms with van der Waals surface area (Å²) in [6.07, 6.45) is 8.94. The second-order valence-corrected chi connectivity index (χ2v) is 7.74. The molecule has 2 N–H and O–H groups in total. The van der Waals surface area contributed by atoms with Crippen LogP contribution in [0.3, 0.4) is 0 Å². The van der Waals surface area contributed by atoms with Gasteiger partial charge in [0.25, 0.3) is 0 Å². The van der Waals surface area contributed by atoms with Crippen molar-refractivity contribution in [2.24, 2.45) is 17.8 Å². The Balaban J connectivity index is 1.69. The average molecular weight is 297 g/mol. The van der Waals surface area contributed by atoms with E-state index in [2.05, 4.69) is 26.1 Å².